The molecule has 0 saturated heterocycles. The van der Waals surface area contributed by atoms with Crippen LogP contribution in [-0.2, 0) is 22.6 Å². The highest BCUT2D eigenvalue weighted by molar-refractivity contribution is 5.67. The third kappa shape index (κ3) is 6.50. The molecule has 1 heterocycles. The van der Waals surface area contributed by atoms with Gasteiger partial charge in [0.25, 0.3) is 6.43 Å². The minimum Gasteiger partial charge on any atom is -0.481 e. The number of carbonyl (C=O) groups is 1. The Kier molecular flexibility index (Phi) is 8.56. The monoisotopic (exact) mass is 471 g/mol. The summed E-state index contributed by atoms with van der Waals surface area (Å²) in [7, 11) is 0. The standard InChI is InChI=1S/C27H31F2NO4/c1-16(2)24-25(34-27(30-24)22-9-7-21(8-10-22)26(28)29)18(4)14-33-15-19-5-6-20(17(3)13-19)11-12-23(31)32/h5-10,13,16,18,26H,11-12,14-15H2,1-4H3,(H,31,32)/t18-/m1/s1. The maximum atomic E-state index is 12.9. The predicted octanol–water partition coefficient (Wildman–Crippen LogP) is 7.05. The molecule has 1 aromatic heterocycles. The maximum absolute atomic E-state index is 12.9. The van der Waals surface area contributed by atoms with Crippen molar-refractivity contribution in [3.05, 3.63) is 76.2 Å². The first-order chi connectivity index (χ1) is 16.2. The van der Waals surface area contributed by atoms with Crippen molar-refractivity contribution in [1.29, 1.82) is 0 Å². The number of hydrogen-bond acceptors (Lipinski definition) is 4. The van der Waals surface area contributed by atoms with Gasteiger partial charge in [-0.05, 0) is 48.1 Å². The molecule has 5 nitrogen and oxygen atoms in total. The van der Waals surface area contributed by atoms with Gasteiger partial charge < -0.3 is 14.3 Å². The van der Waals surface area contributed by atoms with Crippen LogP contribution in [0.15, 0.2) is 46.9 Å². The summed E-state index contributed by atoms with van der Waals surface area (Å²) in [5.74, 6) is 0.440. The number of alkyl halides is 2. The third-order valence-corrected chi connectivity index (χ3v) is 5.74. The lowest BCUT2D eigenvalue weighted by Crippen LogP contribution is -2.07. The number of hydrogen-bond donors (Lipinski definition) is 1. The van der Waals surface area contributed by atoms with E-state index in [2.05, 4.69) is 4.98 Å². The van der Waals surface area contributed by atoms with Crippen molar-refractivity contribution in [2.75, 3.05) is 6.61 Å². The second-order valence-corrected chi connectivity index (χ2v) is 8.92. The van der Waals surface area contributed by atoms with E-state index >= 15 is 0 Å². The average Bonchev–Trinajstić information content (AvgIpc) is 3.24. The zero-order chi connectivity index (χ0) is 24.8. The molecule has 0 unspecified atom stereocenters. The fourth-order valence-corrected chi connectivity index (χ4v) is 3.80. The lowest BCUT2D eigenvalue weighted by Gasteiger charge is -2.13. The summed E-state index contributed by atoms with van der Waals surface area (Å²) in [6.45, 7) is 8.91. The molecule has 0 aliphatic carbocycles. The van der Waals surface area contributed by atoms with Gasteiger partial charge in [-0.2, -0.15) is 0 Å². The van der Waals surface area contributed by atoms with Crippen LogP contribution in [0.3, 0.4) is 0 Å². The van der Waals surface area contributed by atoms with Crippen LogP contribution in [0.25, 0.3) is 11.5 Å². The molecule has 0 spiro atoms. The van der Waals surface area contributed by atoms with Crippen LogP contribution in [0.4, 0.5) is 8.78 Å². The summed E-state index contributed by atoms with van der Waals surface area (Å²) >= 11 is 0. The molecule has 3 rings (SSSR count). The number of benzene rings is 2. The lowest BCUT2D eigenvalue weighted by molar-refractivity contribution is -0.136. The van der Waals surface area contributed by atoms with E-state index in [-0.39, 0.29) is 23.8 Å². The highest BCUT2D eigenvalue weighted by Crippen LogP contribution is 2.32. The quantitative estimate of drug-likeness (QED) is 0.324. The summed E-state index contributed by atoms with van der Waals surface area (Å²) in [6.07, 6.45) is -1.89. The number of rotatable bonds is 11. The highest BCUT2D eigenvalue weighted by Gasteiger charge is 2.22. The minimum atomic E-state index is -2.51. The Morgan fingerprint density at radius 3 is 2.41 bits per heavy atom. The van der Waals surface area contributed by atoms with E-state index in [1.54, 1.807) is 12.1 Å². The number of aliphatic carboxylic acids is 1. The largest absolute Gasteiger partial charge is 0.481 e. The summed E-state index contributed by atoms with van der Waals surface area (Å²) in [4.78, 5) is 15.4. The third-order valence-electron chi connectivity index (χ3n) is 5.74. The van der Waals surface area contributed by atoms with E-state index in [1.165, 1.54) is 12.1 Å². The van der Waals surface area contributed by atoms with Crippen LogP contribution >= 0.6 is 0 Å². The molecule has 0 radical (unpaired) electrons. The Balaban J connectivity index is 1.65. The van der Waals surface area contributed by atoms with Gasteiger partial charge in [0.15, 0.2) is 0 Å². The van der Waals surface area contributed by atoms with Gasteiger partial charge in [-0.25, -0.2) is 13.8 Å². The molecule has 0 aliphatic heterocycles. The summed E-state index contributed by atoms with van der Waals surface area (Å²) < 4.78 is 37.7. The first kappa shape index (κ1) is 25.6. The Bertz CT molecular complexity index is 1110. The fraction of sp³-hybridized carbons (Fsp3) is 0.407. The Morgan fingerprint density at radius 1 is 1.12 bits per heavy atom. The summed E-state index contributed by atoms with van der Waals surface area (Å²) in [6, 6.07) is 11.9. The lowest BCUT2D eigenvalue weighted by atomic mass is 10.0. The Hall–Kier alpha value is -3.06. The Morgan fingerprint density at radius 2 is 1.82 bits per heavy atom. The number of oxazole rings is 1. The van der Waals surface area contributed by atoms with Gasteiger partial charge in [0.05, 0.1) is 18.9 Å². The Labute approximate surface area is 198 Å². The highest BCUT2D eigenvalue weighted by atomic mass is 19.3. The number of carboxylic acids is 1. The van der Waals surface area contributed by atoms with Crippen LogP contribution < -0.4 is 0 Å². The number of aryl methyl sites for hydroxylation is 2. The fourth-order valence-electron chi connectivity index (χ4n) is 3.80. The van der Waals surface area contributed by atoms with Crippen molar-refractivity contribution < 1.29 is 27.8 Å². The van der Waals surface area contributed by atoms with Crippen LogP contribution in [0.1, 0.15) is 79.2 Å². The van der Waals surface area contributed by atoms with E-state index in [1.807, 2.05) is 45.9 Å². The van der Waals surface area contributed by atoms with E-state index in [0.717, 1.165) is 28.1 Å². The zero-order valence-corrected chi connectivity index (χ0v) is 20.0. The molecule has 7 heteroatoms. The van der Waals surface area contributed by atoms with Gasteiger partial charge in [0, 0.05) is 23.5 Å². The van der Waals surface area contributed by atoms with Crippen molar-refractivity contribution >= 4 is 5.97 Å². The number of halogens is 2. The van der Waals surface area contributed by atoms with Crippen molar-refractivity contribution in [2.45, 2.75) is 65.4 Å². The van der Waals surface area contributed by atoms with Gasteiger partial charge in [-0.3, -0.25) is 4.79 Å². The number of aromatic nitrogens is 1. The first-order valence-corrected chi connectivity index (χ1v) is 11.4. The van der Waals surface area contributed by atoms with Gasteiger partial charge in [0.1, 0.15) is 5.76 Å². The predicted molar refractivity (Wildman–Crippen MR) is 126 cm³/mol. The van der Waals surface area contributed by atoms with E-state index < -0.39 is 12.4 Å². The molecule has 0 amide bonds. The molecular weight excluding hydrogens is 440 g/mol. The van der Waals surface area contributed by atoms with Crippen molar-refractivity contribution in [3.63, 3.8) is 0 Å². The average molecular weight is 472 g/mol. The molecule has 2 aromatic carbocycles. The number of carboxylic acid groups (broad SMARTS) is 1. The first-order valence-electron chi connectivity index (χ1n) is 11.4. The van der Waals surface area contributed by atoms with Crippen LogP contribution in [0.5, 0.6) is 0 Å². The van der Waals surface area contributed by atoms with Gasteiger partial charge in [0.2, 0.25) is 5.89 Å². The molecular formula is C27H31F2NO4. The molecule has 3 aromatic rings. The molecule has 0 bridgehead atoms. The van der Waals surface area contributed by atoms with Crippen LogP contribution in [0.2, 0.25) is 0 Å². The van der Waals surface area contributed by atoms with Gasteiger partial charge in [-0.15, -0.1) is 0 Å². The molecule has 1 N–H and O–H groups in total. The maximum Gasteiger partial charge on any atom is 0.303 e. The van der Waals surface area contributed by atoms with Crippen molar-refractivity contribution in [2.24, 2.45) is 0 Å². The SMILES string of the molecule is Cc1cc(COC[C@@H](C)c2oc(-c3ccc(C(F)F)cc3)nc2C(C)C)ccc1CCC(=O)O. The van der Waals surface area contributed by atoms with Crippen LogP contribution in [-0.4, -0.2) is 22.7 Å². The number of ether oxygens (including phenoxy) is 1. The van der Waals surface area contributed by atoms with Crippen molar-refractivity contribution in [1.82, 2.24) is 4.98 Å². The zero-order valence-electron chi connectivity index (χ0n) is 20.0. The smallest absolute Gasteiger partial charge is 0.303 e. The number of nitrogens with zero attached hydrogens (tertiary/aromatic N) is 1. The molecule has 182 valence electrons. The van der Waals surface area contributed by atoms with Gasteiger partial charge >= 0.3 is 5.97 Å². The van der Waals surface area contributed by atoms with Crippen molar-refractivity contribution in [3.8, 4) is 11.5 Å². The molecule has 0 saturated carbocycles. The normalized spacial score (nSPS) is 12.5. The van der Waals surface area contributed by atoms with E-state index in [4.69, 9.17) is 14.3 Å². The second-order valence-electron chi connectivity index (χ2n) is 8.92. The minimum absolute atomic E-state index is 0.0356. The summed E-state index contributed by atoms with van der Waals surface area (Å²) in [5.41, 5.74) is 4.55. The molecule has 0 aliphatic rings. The van der Waals surface area contributed by atoms with E-state index in [9.17, 15) is 13.6 Å². The van der Waals surface area contributed by atoms with E-state index in [0.29, 0.717) is 31.1 Å². The molecule has 34 heavy (non-hydrogen) atoms. The van der Waals surface area contributed by atoms with Gasteiger partial charge in [-0.1, -0.05) is 51.1 Å². The summed E-state index contributed by atoms with van der Waals surface area (Å²) in [5, 5.41) is 8.87. The second kappa shape index (κ2) is 11.4. The molecule has 0 fully saturated rings. The topological polar surface area (TPSA) is 72.6 Å². The van der Waals surface area contributed by atoms with Crippen LogP contribution in [0, 0.1) is 6.92 Å². The molecule has 1 atom stereocenters.